The lowest BCUT2D eigenvalue weighted by Gasteiger charge is -2.20. The maximum absolute atomic E-state index is 12.6. The van der Waals surface area contributed by atoms with Crippen LogP contribution >= 0.6 is 11.6 Å². The summed E-state index contributed by atoms with van der Waals surface area (Å²) in [6.07, 6.45) is 1.30. The van der Waals surface area contributed by atoms with Gasteiger partial charge in [-0.3, -0.25) is 25.2 Å². The van der Waals surface area contributed by atoms with Crippen molar-refractivity contribution in [2.75, 3.05) is 0 Å². The molecule has 1 unspecified atom stereocenters. The van der Waals surface area contributed by atoms with Gasteiger partial charge in [0.05, 0.1) is 0 Å². The summed E-state index contributed by atoms with van der Waals surface area (Å²) in [5.74, 6) is -1.13. The molecule has 2 aromatic carbocycles. The largest absolute Gasteiger partial charge is 0.340 e. The fourth-order valence-corrected chi connectivity index (χ4v) is 2.84. The Kier molecular flexibility index (Phi) is 8.21. The van der Waals surface area contributed by atoms with Crippen molar-refractivity contribution in [2.45, 2.75) is 39.7 Å². The van der Waals surface area contributed by atoms with Crippen molar-refractivity contribution in [1.29, 1.82) is 0 Å². The summed E-state index contributed by atoms with van der Waals surface area (Å²) in [7, 11) is 0. The number of halogens is 1. The molecular weight excluding hydrogens is 390 g/mol. The SMILES string of the molecule is CCc1ccc(C(=O)NNC(=O)C(CC(C)C)NC(=O)c2ccc(Cl)cc2)cc1. The lowest BCUT2D eigenvalue weighted by Crippen LogP contribution is -2.52. The Hall–Kier alpha value is -2.86. The second kappa shape index (κ2) is 10.6. The maximum atomic E-state index is 12.6. The third-order valence-electron chi connectivity index (χ3n) is 4.36. The molecule has 154 valence electrons. The van der Waals surface area contributed by atoms with Crippen molar-refractivity contribution in [2.24, 2.45) is 5.92 Å². The van der Waals surface area contributed by atoms with Crippen LogP contribution in [0.5, 0.6) is 0 Å². The first kappa shape index (κ1) is 22.4. The molecule has 2 rings (SSSR count). The Morgan fingerprint density at radius 3 is 1.97 bits per heavy atom. The van der Waals surface area contributed by atoms with E-state index in [-0.39, 0.29) is 11.8 Å². The van der Waals surface area contributed by atoms with E-state index in [0.29, 0.717) is 22.6 Å². The highest BCUT2D eigenvalue weighted by atomic mass is 35.5. The van der Waals surface area contributed by atoms with Crippen LogP contribution in [0.4, 0.5) is 0 Å². The maximum Gasteiger partial charge on any atom is 0.269 e. The number of carbonyl (C=O) groups excluding carboxylic acids is 3. The van der Waals surface area contributed by atoms with E-state index in [1.54, 1.807) is 36.4 Å². The normalized spacial score (nSPS) is 11.6. The Labute approximate surface area is 176 Å². The fraction of sp³-hybridized carbons (Fsp3) is 0.318. The monoisotopic (exact) mass is 415 g/mol. The molecule has 0 saturated heterocycles. The molecule has 0 spiro atoms. The van der Waals surface area contributed by atoms with Crippen molar-refractivity contribution >= 4 is 29.3 Å². The van der Waals surface area contributed by atoms with Crippen molar-refractivity contribution in [3.8, 4) is 0 Å². The van der Waals surface area contributed by atoms with Crippen molar-refractivity contribution in [3.63, 3.8) is 0 Å². The molecule has 0 heterocycles. The van der Waals surface area contributed by atoms with Crippen LogP contribution in [0.25, 0.3) is 0 Å². The average molecular weight is 416 g/mol. The molecule has 0 aliphatic heterocycles. The number of amides is 3. The zero-order valence-corrected chi connectivity index (χ0v) is 17.5. The number of carbonyl (C=O) groups is 3. The molecule has 7 heteroatoms. The standard InChI is InChI=1S/C22H26ClN3O3/c1-4-15-5-7-17(8-6-15)21(28)25-26-22(29)19(13-14(2)3)24-20(27)16-9-11-18(23)12-10-16/h5-12,14,19H,4,13H2,1-3H3,(H,24,27)(H,25,28)(H,26,29). The minimum Gasteiger partial charge on any atom is -0.340 e. The zero-order valence-electron chi connectivity index (χ0n) is 16.8. The van der Waals surface area contributed by atoms with Crippen LogP contribution in [-0.4, -0.2) is 23.8 Å². The molecule has 1 atom stereocenters. The number of benzene rings is 2. The van der Waals surface area contributed by atoms with Gasteiger partial charge in [-0.15, -0.1) is 0 Å². The van der Waals surface area contributed by atoms with Crippen LogP contribution in [0.3, 0.4) is 0 Å². The summed E-state index contributed by atoms with van der Waals surface area (Å²) in [6.45, 7) is 5.92. The molecule has 0 aromatic heterocycles. The number of hydrogen-bond donors (Lipinski definition) is 3. The van der Waals surface area contributed by atoms with Gasteiger partial charge < -0.3 is 5.32 Å². The van der Waals surface area contributed by atoms with Crippen LogP contribution in [-0.2, 0) is 11.2 Å². The van der Waals surface area contributed by atoms with Crippen LogP contribution in [0, 0.1) is 5.92 Å². The second-order valence-electron chi connectivity index (χ2n) is 7.16. The van der Waals surface area contributed by atoms with E-state index in [1.165, 1.54) is 0 Å². The van der Waals surface area contributed by atoms with Crippen LogP contribution in [0.15, 0.2) is 48.5 Å². The van der Waals surface area contributed by atoms with Crippen LogP contribution in [0.2, 0.25) is 5.02 Å². The molecule has 0 radical (unpaired) electrons. The van der Waals surface area contributed by atoms with E-state index in [1.807, 2.05) is 32.9 Å². The molecule has 29 heavy (non-hydrogen) atoms. The molecule has 0 saturated carbocycles. The summed E-state index contributed by atoms with van der Waals surface area (Å²) in [5.41, 5.74) is 6.76. The van der Waals surface area contributed by atoms with E-state index in [4.69, 9.17) is 11.6 Å². The van der Waals surface area contributed by atoms with E-state index in [0.717, 1.165) is 12.0 Å². The van der Waals surface area contributed by atoms with Crippen LogP contribution < -0.4 is 16.2 Å². The number of rotatable bonds is 7. The Morgan fingerprint density at radius 1 is 0.862 bits per heavy atom. The minimum absolute atomic E-state index is 0.161. The van der Waals surface area contributed by atoms with Crippen molar-refractivity contribution < 1.29 is 14.4 Å². The summed E-state index contributed by atoms with van der Waals surface area (Å²) in [4.78, 5) is 37.3. The highest BCUT2D eigenvalue weighted by molar-refractivity contribution is 6.30. The summed E-state index contributed by atoms with van der Waals surface area (Å²) < 4.78 is 0. The van der Waals surface area contributed by atoms with Gasteiger partial charge in [0.1, 0.15) is 6.04 Å². The molecule has 3 N–H and O–H groups in total. The van der Waals surface area contributed by atoms with Gasteiger partial charge >= 0.3 is 0 Å². The van der Waals surface area contributed by atoms with Gasteiger partial charge in [-0.2, -0.15) is 0 Å². The highest BCUT2D eigenvalue weighted by Gasteiger charge is 2.23. The van der Waals surface area contributed by atoms with E-state index < -0.39 is 17.9 Å². The Morgan fingerprint density at radius 2 is 1.41 bits per heavy atom. The molecule has 0 aliphatic rings. The first-order chi connectivity index (χ1) is 13.8. The molecular formula is C22H26ClN3O3. The van der Waals surface area contributed by atoms with Gasteiger partial charge in [-0.1, -0.05) is 44.5 Å². The fourth-order valence-electron chi connectivity index (χ4n) is 2.72. The summed E-state index contributed by atoms with van der Waals surface area (Å²) in [5, 5.41) is 3.24. The summed E-state index contributed by atoms with van der Waals surface area (Å²) in [6, 6.07) is 12.7. The van der Waals surface area contributed by atoms with E-state index in [9.17, 15) is 14.4 Å². The predicted octanol–water partition coefficient (Wildman–Crippen LogP) is 3.51. The second-order valence-corrected chi connectivity index (χ2v) is 7.59. The molecule has 2 aromatic rings. The van der Waals surface area contributed by atoms with Gasteiger partial charge in [-0.25, -0.2) is 0 Å². The molecule has 6 nitrogen and oxygen atoms in total. The van der Waals surface area contributed by atoms with E-state index in [2.05, 4.69) is 16.2 Å². The smallest absolute Gasteiger partial charge is 0.269 e. The molecule has 0 aliphatic carbocycles. The lowest BCUT2D eigenvalue weighted by atomic mass is 10.0. The Bertz CT molecular complexity index is 849. The third kappa shape index (κ3) is 6.91. The highest BCUT2D eigenvalue weighted by Crippen LogP contribution is 2.11. The average Bonchev–Trinajstić information content (AvgIpc) is 2.71. The van der Waals surface area contributed by atoms with Gasteiger partial charge in [0.15, 0.2) is 0 Å². The van der Waals surface area contributed by atoms with Gasteiger partial charge in [0.25, 0.3) is 17.7 Å². The third-order valence-corrected chi connectivity index (χ3v) is 4.61. The van der Waals surface area contributed by atoms with Crippen LogP contribution in [0.1, 0.15) is 53.5 Å². The first-order valence-corrected chi connectivity index (χ1v) is 9.93. The first-order valence-electron chi connectivity index (χ1n) is 9.55. The number of hydrogen-bond acceptors (Lipinski definition) is 3. The van der Waals surface area contributed by atoms with Gasteiger partial charge in [-0.05, 0) is 60.7 Å². The van der Waals surface area contributed by atoms with Gasteiger partial charge in [0, 0.05) is 16.1 Å². The van der Waals surface area contributed by atoms with Crippen molar-refractivity contribution in [3.05, 3.63) is 70.2 Å². The number of hydrazine groups is 1. The zero-order chi connectivity index (χ0) is 21.4. The molecule has 3 amide bonds. The molecule has 0 fully saturated rings. The Balaban J connectivity index is 1.99. The topological polar surface area (TPSA) is 87.3 Å². The van der Waals surface area contributed by atoms with E-state index >= 15 is 0 Å². The molecule has 0 bridgehead atoms. The summed E-state index contributed by atoms with van der Waals surface area (Å²) >= 11 is 5.84. The minimum atomic E-state index is -0.791. The predicted molar refractivity (Wildman–Crippen MR) is 114 cm³/mol. The van der Waals surface area contributed by atoms with Crippen molar-refractivity contribution in [1.82, 2.24) is 16.2 Å². The quantitative estimate of drug-likeness (QED) is 0.605. The van der Waals surface area contributed by atoms with Gasteiger partial charge in [0.2, 0.25) is 0 Å². The lowest BCUT2D eigenvalue weighted by molar-refractivity contribution is -0.124. The number of nitrogens with one attached hydrogen (secondary N) is 3. The number of aryl methyl sites for hydroxylation is 1.